The van der Waals surface area contributed by atoms with Crippen molar-refractivity contribution in [2.45, 2.75) is 0 Å². The van der Waals surface area contributed by atoms with Gasteiger partial charge in [0.05, 0.1) is 25.5 Å². The molecule has 22 heavy (non-hydrogen) atoms. The SMILES string of the molecule is COc1ccc(-c2cc3ncc(C(=O)O)cn3n2)cc1OC. The quantitative estimate of drug-likeness (QED) is 0.794. The van der Waals surface area contributed by atoms with E-state index in [1.807, 2.05) is 6.07 Å². The molecule has 0 aliphatic carbocycles. The lowest BCUT2D eigenvalue weighted by atomic mass is 10.1. The van der Waals surface area contributed by atoms with E-state index >= 15 is 0 Å². The predicted molar refractivity (Wildman–Crippen MR) is 78.5 cm³/mol. The summed E-state index contributed by atoms with van der Waals surface area (Å²) >= 11 is 0. The van der Waals surface area contributed by atoms with Crippen LogP contribution in [-0.2, 0) is 0 Å². The van der Waals surface area contributed by atoms with Gasteiger partial charge in [0, 0.05) is 24.0 Å². The van der Waals surface area contributed by atoms with Crippen LogP contribution in [0.4, 0.5) is 0 Å². The summed E-state index contributed by atoms with van der Waals surface area (Å²) in [4.78, 5) is 15.1. The van der Waals surface area contributed by atoms with Gasteiger partial charge in [-0.3, -0.25) is 0 Å². The smallest absolute Gasteiger partial charge is 0.338 e. The molecule has 1 N–H and O–H groups in total. The molecule has 3 rings (SSSR count). The Labute approximate surface area is 125 Å². The van der Waals surface area contributed by atoms with Gasteiger partial charge in [-0.1, -0.05) is 0 Å². The maximum Gasteiger partial charge on any atom is 0.338 e. The highest BCUT2D eigenvalue weighted by atomic mass is 16.5. The Morgan fingerprint density at radius 2 is 1.95 bits per heavy atom. The molecular formula is C15H13N3O4. The van der Waals surface area contributed by atoms with Gasteiger partial charge in [-0.05, 0) is 18.2 Å². The lowest BCUT2D eigenvalue weighted by molar-refractivity contribution is 0.0695. The number of nitrogens with zero attached hydrogens (tertiary/aromatic N) is 3. The second kappa shape index (κ2) is 5.36. The largest absolute Gasteiger partial charge is 0.493 e. The molecule has 0 spiro atoms. The second-order valence-corrected chi connectivity index (χ2v) is 4.55. The van der Waals surface area contributed by atoms with Crippen LogP contribution in [0.5, 0.6) is 11.5 Å². The van der Waals surface area contributed by atoms with Crippen LogP contribution in [0.15, 0.2) is 36.7 Å². The van der Waals surface area contributed by atoms with Gasteiger partial charge < -0.3 is 14.6 Å². The van der Waals surface area contributed by atoms with Crippen LogP contribution < -0.4 is 9.47 Å². The molecule has 7 nitrogen and oxygen atoms in total. The summed E-state index contributed by atoms with van der Waals surface area (Å²) in [7, 11) is 3.13. The normalized spacial score (nSPS) is 10.6. The van der Waals surface area contributed by atoms with Crippen LogP contribution in [0.2, 0.25) is 0 Å². The Bertz CT molecular complexity index is 857. The number of rotatable bonds is 4. The van der Waals surface area contributed by atoms with Gasteiger partial charge in [-0.25, -0.2) is 14.3 Å². The number of hydrogen-bond donors (Lipinski definition) is 1. The standard InChI is InChI=1S/C15H13N3O4/c1-21-12-4-3-9(5-13(12)22-2)11-6-14-16-7-10(15(19)20)8-18(14)17-11/h3-8H,1-2H3,(H,19,20). The third-order valence-electron chi connectivity index (χ3n) is 3.24. The molecule has 0 atom stereocenters. The second-order valence-electron chi connectivity index (χ2n) is 4.55. The van der Waals surface area contributed by atoms with Gasteiger partial charge in [0.15, 0.2) is 17.1 Å². The lowest BCUT2D eigenvalue weighted by Crippen LogP contribution is -2.01. The number of carboxylic acids is 1. The van der Waals surface area contributed by atoms with Gasteiger partial charge in [0.1, 0.15) is 0 Å². The Morgan fingerprint density at radius 3 is 2.64 bits per heavy atom. The van der Waals surface area contributed by atoms with E-state index < -0.39 is 5.97 Å². The molecule has 0 radical (unpaired) electrons. The van der Waals surface area contributed by atoms with E-state index in [1.165, 1.54) is 16.9 Å². The zero-order valence-electron chi connectivity index (χ0n) is 12.0. The molecule has 2 aromatic heterocycles. The highest BCUT2D eigenvalue weighted by molar-refractivity contribution is 5.87. The molecule has 0 saturated carbocycles. The molecule has 7 heteroatoms. The summed E-state index contributed by atoms with van der Waals surface area (Å²) in [5.41, 5.74) is 2.13. The third-order valence-corrected chi connectivity index (χ3v) is 3.24. The van der Waals surface area contributed by atoms with Gasteiger partial charge >= 0.3 is 5.97 Å². The summed E-state index contributed by atoms with van der Waals surface area (Å²) in [6, 6.07) is 7.21. The minimum atomic E-state index is -1.04. The lowest BCUT2D eigenvalue weighted by Gasteiger charge is -2.08. The number of ether oxygens (including phenoxy) is 2. The number of hydrogen-bond acceptors (Lipinski definition) is 5. The molecule has 0 aliphatic heterocycles. The van der Waals surface area contributed by atoms with Crippen molar-refractivity contribution in [1.82, 2.24) is 14.6 Å². The molecule has 0 fully saturated rings. The van der Waals surface area contributed by atoms with Crippen molar-refractivity contribution in [3.05, 3.63) is 42.2 Å². The van der Waals surface area contributed by atoms with Crippen LogP contribution in [0.3, 0.4) is 0 Å². The molecule has 0 amide bonds. The average Bonchev–Trinajstić information content (AvgIpc) is 2.97. The molecule has 2 heterocycles. The van der Waals surface area contributed by atoms with Crippen molar-refractivity contribution in [2.24, 2.45) is 0 Å². The highest BCUT2D eigenvalue weighted by Crippen LogP contribution is 2.31. The molecule has 3 aromatic rings. The third kappa shape index (κ3) is 2.32. The fourth-order valence-corrected chi connectivity index (χ4v) is 2.12. The van der Waals surface area contributed by atoms with E-state index in [-0.39, 0.29) is 5.56 Å². The Balaban J connectivity index is 2.08. The van der Waals surface area contributed by atoms with Crippen molar-refractivity contribution in [3.63, 3.8) is 0 Å². The fourth-order valence-electron chi connectivity index (χ4n) is 2.12. The van der Waals surface area contributed by atoms with Crippen molar-refractivity contribution < 1.29 is 19.4 Å². The number of carboxylic acid groups (broad SMARTS) is 1. The highest BCUT2D eigenvalue weighted by Gasteiger charge is 2.11. The fraction of sp³-hybridized carbons (Fsp3) is 0.133. The minimum Gasteiger partial charge on any atom is -0.493 e. The van der Waals surface area contributed by atoms with Gasteiger partial charge in [-0.15, -0.1) is 0 Å². The maximum atomic E-state index is 11.0. The first-order valence-electron chi connectivity index (χ1n) is 6.43. The maximum absolute atomic E-state index is 11.0. The summed E-state index contributed by atoms with van der Waals surface area (Å²) in [6.45, 7) is 0. The number of fused-ring (bicyclic) bond motifs is 1. The number of aromatic nitrogens is 3. The minimum absolute atomic E-state index is 0.0782. The van der Waals surface area contributed by atoms with Crippen molar-refractivity contribution in [1.29, 1.82) is 0 Å². The monoisotopic (exact) mass is 299 g/mol. The number of methoxy groups -OCH3 is 2. The topological polar surface area (TPSA) is 86.0 Å². The Morgan fingerprint density at radius 1 is 1.18 bits per heavy atom. The number of aromatic carboxylic acids is 1. The van der Waals surface area contributed by atoms with E-state index in [0.29, 0.717) is 22.8 Å². The van der Waals surface area contributed by atoms with Crippen LogP contribution in [0.25, 0.3) is 16.9 Å². The zero-order valence-corrected chi connectivity index (χ0v) is 12.0. The first-order chi connectivity index (χ1) is 10.6. The van der Waals surface area contributed by atoms with Crippen molar-refractivity contribution in [2.75, 3.05) is 14.2 Å². The first-order valence-corrected chi connectivity index (χ1v) is 6.43. The predicted octanol–water partition coefficient (Wildman–Crippen LogP) is 2.11. The number of carbonyl (C=O) groups is 1. The van der Waals surface area contributed by atoms with Crippen molar-refractivity contribution in [3.8, 4) is 22.8 Å². The van der Waals surface area contributed by atoms with Crippen LogP contribution >= 0.6 is 0 Å². The van der Waals surface area contributed by atoms with E-state index in [9.17, 15) is 4.79 Å². The van der Waals surface area contributed by atoms with Crippen LogP contribution in [-0.4, -0.2) is 39.9 Å². The Hall–Kier alpha value is -3.09. The van der Waals surface area contributed by atoms with Crippen LogP contribution in [0.1, 0.15) is 10.4 Å². The molecular weight excluding hydrogens is 286 g/mol. The molecule has 112 valence electrons. The summed E-state index contributed by atoms with van der Waals surface area (Å²) in [5, 5.41) is 13.3. The van der Waals surface area contributed by atoms with E-state index in [2.05, 4.69) is 10.1 Å². The Kier molecular flexibility index (Phi) is 3.38. The summed E-state index contributed by atoms with van der Waals surface area (Å²) < 4.78 is 11.9. The molecule has 0 unspecified atom stereocenters. The van der Waals surface area contributed by atoms with Gasteiger partial charge in [0.2, 0.25) is 0 Å². The van der Waals surface area contributed by atoms with Gasteiger partial charge in [0.25, 0.3) is 0 Å². The van der Waals surface area contributed by atoms with E-state index in [4.69, 9.17) is 14.6 Å². The first kappa shape index (κ1) is 13.9. The molecule has 0 aliphatic rings. The summed E-state index contributed by atoms with van der Waals surface area (Å²) in [5.74, 6) is 0.176. The number of benzene rings is 1. The molecule has 0 bridgehead atoms. The zero-order chi connectivity index (χ0) is 15.7. The van der Waals surface area contributed by atoms with E-state index in [0.717, 1.165) is 5.56 Å². The molecule has 0 saturated heterocycles. The van der Waals surface area contributed by atoms with Crippen LogP contribution in [0, 0.1) is 0 Å². The molecule has 1 aromatic carbocycles. The van der Waals surface area contributed by atoms with E-state index in [1.54, 1.807) is 32.4 Å². The average molecular weight is 299 g/mol. The van der Waals surface area contributed by atoms with Crippen molar-refractivity contribution >= 4 is 11.6 Å². The van der Waals surface area contributed by atoms with Gasteiger partial charge in [-0.2, -0.15) is 5.10 Å². The summed E-state index contributed by atoms with van der Waals surface area (Å²) in [6.07, 6.45) is 2.73.